The summed E-state index contributed by atoms with van der Waals surface area (Å²) < 4.78 is 7.01. The number of anilines is 6. The zero-order valence-corrected chi connectivity index (χ0v) is 45.7. The normalized spacial score (nSPS) is 20.6. The van der Waals surface area contributed by atoms with Crippen molar-refractivity contribution in [2.45, 2.75) is 194 Å². The number of benzene rings is 6. The van der Waals surface area contributed by atoms with E-state index >= 15 is 0 Å². The van der Waals surface area contributed by atoms with Crippen LogP contribution in [0.5, 0.6) is 0 Å². The highest BCUT2D eigenvalue weighted by molar-refractivity contribution is 7.00. The van der Waals surface area contributed by atoms with Gasteiger partial charge in [0.1, 0.15) is 11.2 Å². The van der Waals surface area contributed by atoms with Crippen LogP contribution in [0.3, 0.4) is 0 Å². The molecule has 0 atom stereocenters. The van der Waals surface area contributed by atoms with Crippen LogP contribution in [0.15, 0.2) is 89.3 Å². The highest BCUT2D eigenvalue weighted by Crippen LogP contribution is 2.55. The third-order valence-corrected chi connectivity index (χ3v) is 19.1. The highest BCUT2D eigenvalue weighted by Gasteiger charge is 2.48. The molecule has 0 spiro atoms. The standard InChI is InChI=1S/C66H77BN2O/c1-38-28-55-59-56(29-38)69(52-35-48-45(30-39(52)2)62(8,9)24-26-65(48,14)15)53-33-43-42-31-40(60(3,4)5)18-21-57(42)70-58(43)37-51(53)67(59)50-34-47-49(66(16,17)27-25-64(47,12)13)36-54(50)68(55)41-19-20-44-46(32-41)63(10,11)23-22-61(44,6)7/h18-21,28-37H,22-27H2,1-17H3. The van der Waals surface area contributed by atoms with Crippen molar-refractivity contribution in [3.05, 3.63) is 135 Å². The lowest BCUT2D eigenvalue weighted by Crippen LogP contribution is -2.62. The predicted octanol–water partition coefficient (Wildman–Crippen LogP) is 16.6. The topological polar surface area (TPSA) is 19.6 Å². The Balaban J connectivity index is 1.22. The van der Waals surface area contributed by atoms with Crippen LogP contribution in [0.2, 0.25) is 0 Å². The lowest BCUT2D eigenvalue weighted by molar-refractivity contribution is 0.332. The summed E-state index contributed by atoms with van der Waals surface area (Å²) in [5.74, 6) is 0. The maximum absolute atomic E-state index is 7.01. The first kappa shape index (κ1) is 45.9. The quantitative estimate of drug-likeness (QED) is 0.161. The first-order chi connectivity index (χ1) is 32.6. The molecule has 0 unspecified atom stereocenters. The Morgan fingerprint density at radius 1 is 0.429 bits per heavy atom. The highest BCUT2D eigenvalue weighted by atomic mass is 16.3. The molecule has 5 aliphatic rings. The van der Waals surface area contributed by atoms with E-state index in [1.807, 2.05) is 0 Å². The minimum Gasteiger partial charge on any atom is -0.456 e. The molecule has 6 aromatic carbocycles. The number of fused-ring (bicyclic) bond motifs is 10. The summed E-state index contributed by atoms with van der Waals surface area (Å²) in [5, 5.41) is 2.38. The van der Waals surface area contributed by atoms with Gasteiger partial charge in [0.05, 0.1) is 0 Å². The summed E-state index contributed by atoms with van der Waals surface area (Å²) in [6.45, 7) is 41.3. The first-order valence-electron chi connectivity index (χ1n) is 26.8. The van der Waals surface area contributed by atoms with E-state index in [1.54, 1.807) is 0 Å². The minimum atomic E-state index is -0.0155. The lowest BCUT2D eigenvalue weighted by Gasteiger charge is -2.48. The van der Waals surface area contributed by atoms with E-state index in [9.17, 15) is 0 Å². The van der Waals surface area contributed by atoms with Gasteiger partial charge in [0.15, 0.2) is 0 Å². The van der Waals surface area contributed by atoms with E-state index in [2.05, 4.69) is 212 Å². The fourth-order valence-electron chi connectivity index (χ4n) is 14.1. The average Bonchev–Trinajstić information content (AvgIpc) is 3.64. The molecule has 3 nitrogen and oxygen atoms in total. The minimum absolute atomic E-state index is 0.00882. The van der Waals surface area contributed by atoms with Gasteiger partial charge >= 0.3 is 0 Å². The van der Waals surface area contributed by atoms with Crippen molar-refractivity contribution < 1.29 is 4.42 Å². The van der Waals surface area contributed by atoms with Crippen LogP contribution >= 0.6 is 0 Å². The zero-order chi connectivity index (χ0) is 49.8. The van der Waals surface area contributed by atoms with Crippen molar-refractivity contribution in [1.82, 2.24) is 0 Å². The van der Waals surface area contributed by atoms with Crippen molar-refractivity contribution in [3.8, 4) is 0 Å². The number of rotatable bonds is 2. The Bertz CT molecular complexity index is 3420. The summed E-state index contributed by atoms with van der Waals surface area (Å²) in [6.07, 6.45) is 7.08. The van der Waals surface area contributed by atoms with Crippen molar-refractivity contribution >= 4 is 79.2 Å². The van der Waals surface area contributed by atoms with E-state index in [-0.39, 0.29) is 44.6 Å². The van der Waals surface area contributed by atoms with Gasteiger partial charge in [0, 0.05) is 44.9 Å². The molecule has 7 aromatic rings. The second-order valence-corrected chi connectivity index (χ2v) is 28.0. The second kappa shape index (κ2) is 14.3. The fraction of sp³-hybridized carbons (Fsp3) is 0.455. The van der Waals surface area contributed by atoms with Crippen molar-refractivity contribution in [3.63, 3.8) is 0 Å². The van der Waals surface area contributed by atoms with Crippen molar-refractivity contribution in [1.29, 1.82) is 0 Å². The molecule has 360 valence electrons. The van der Waals surface area contributed by atoms with E-state index in [0.29, 0.717) is 0 Å². The Kier molecular flexibility index (Phi) is 9.35. The molecule has 0 fully saturated rings. The van der Waals surface area contributed by atoms with E-state index in [4.69, 9.17) is 4.42 Å². The summed E-state index contributed by atoms with van der Waals surface area (Å²) in [7, 11) is 0. The van der Waals surface area contributed by atoms with Crippen LogP contribution in [-0.2, 0) is 37.9 Å². The summed E-state index contributed by atoms with van der Waals surface area (Å²) in [4.78, 5) is 5.40. The lowest BCUT2D eigenvalue weighted by atomic mass is 9.33. The average molecular weight is 925 g/mol. The number of hydrogen-bond acceptors (Lipinski definition) is 3. The molecule has 3 heterocycles. The number of nitrogens with zero attached hydrogens (tertiary/aromatic N) is 2. The maximum Gasteiger partial charge on any atom is 0.252 e. The van der Waals surface area contributed by atoms with Gasteiger partial charge in [-0.2, -0.15) is 0 Å². The Morgan fingerprint density at radius 3 is 1.49 bits per heavy atom. The molecule has 70 heavy (non-hydrogen) atoms. The molecule has 0 N–H and O–H groups in total. The van der Waals surface area contributed by atoms with Gasteiger partial charge in [-0.3, -0.25) is 0 Å². The molecule has 0 radical (unpaired) electrons. The SMILES string of the molecule is Cc1cc2c3c(c1)N(c1cc4c(cc1C)C(C)(C)CCC4(C)C)c1cc4c(cc1B3c1cc3c(cc1N2c1ccc2c(c1)C(C)(C)CCC2(C)C)C(C)(C)CCC3(C)C)oc1ccc(C(C)(C)C)cc14. The molecular formula is C66H77BN2O. The monoisotopic (exact) mass is 925 g/mol. The molecule has 0 saturated heterocycles. The molecule has 0 amide bonds. The Morgan fingerprint density at radius 2 is 0.900 bits per heavy atom. The summed E-state index contributed by atoms with van der Waals surface area (Å²) >= 11 is 0. The van der Waals surface area contributed by atoms with Crippen molar-refractivity contribution in [2.75, 3.05) is 9.80 Å². The number of aryl methyl sites for hydroxylation is 2. The van der Waals surface area contributed by atoms with Gasteiger partial charge in [0.25, 0.3) is 6.71 Å². The van der Waals surface area contributed by atoms with Crippen LogP contribution in [0.4, 0.5) is 34.1 Å². The molecule has 1 aromatic heterocycles. The largest absolute Gasteiger partial charge is 0.456 e. The van der Waals surface area contributed by atoms with E-state index in [0.717, 1.165) is 11.2 Å². The van der Waals surface area contributed by atoms with Gasteiger partial charge in [-0.25, -0.2) is 0 Å². The predicted molar refractivity (Wildman–Crippen MR) is 302 cm³/mol. The van der Waals surface area contributed by atoms with Gasteiger partial charge in [0.2, 0.25) is 0 Å². The summed E-state index contributed by atoms with van der Waals surface area (Å²) in [5.41, 5.74) is 27.1. The van der Waals surface area contributed by atoms with Crippen LogP contribution < -0.4 is 26.2 Å². The first-order valence-corrected chi connectivity index (χ1v) is 26.8. The molecule has 0 bridgehead atoms. The van der Waals surface area contributed by atoms with Crippen LogP contribution in [0.1, 0.15) is 192 Å². The van der Waals surface area contributed by atoms with Crippen LogP contribution in [0.25, 0.3) is 21.9 Å². The maximum atomic E-state index is 7.01. The smallest absolute Gasteiger partial charge is 0.252 e. The van der Waals surface area contributed by atoms with Crippen LogP contribution in [0, 0.1) is 13.8 Å². The molecule has 0 saturated carbocycles. The summed E-state index contributed by atoms with van der Waals surface area (Å²) in [6, 6.07) is 35.0. The third kappa shape index (κ3) is 6.52. The fourth-order valence-corrected chi connectivity index (χ4v) is 14.1. The molecule has 12 rings (SSSR count). The number of hydrogen-bond donors (Lipinski definition) is 0. The van der Waals surface area contributed by atoms with Gasteiger partial charge < -0.3 is 14.2 Å². The van der Waals surface area contributed by atoms with Crippen molar-refractivity contribution in [2.24, 2.45) is 0 Å². The Labute approximate surface area is 420 Å². The molecule has 3 aliphatic carbocycles. The van der Waals surface area contributed by atoms with Crippen LogP contribution in [-0.4, -0.2) is 6.71 Å². The zero-order valence-electron chi connectivity index (χ0n) is 45.7. The third-order valence-electron chi connectivity index (χ3n) is 19.1. The van der Waals surface area contributed by atoms with Gasteiger partial charge in [-0.1, -0.05) is 128 Å². The number of furan rings is 1. The van der Waals surface area contributed by atoms with Gasteiger partial charge in [-0.05, 0) is 217 Å². The molecule has 2 aliphatic heterocycles. The van der Waals surface area contributed by atoms with E-state index in [1.165, 1.54) is 150 Å². The molecular weight excluding hydrogens is 848 g/mol. The van der Waals surface area contributed by atoms with E-state index < -0.39 is 0 Å². The van der Waals surface area contributed by atoms with Gasteiger partial charge in [-0.15, -0.1) is 0 Å². The Hall–Kier alpha value is -5.22. The molecule has 4 heteroatoms. The second-order valence-electron chi connectivity index (χ2n) is 28.0.